The van der Waals surface area contributed by atoms with Gasteiger partial charge in [-0.25, -0.2) is 9.97 Å². The van der Waals surface area contributed by atoms with Crippen LogP contribution in [0, 0.1) is 5.41 Å². The second-order valence-electron chi connectivity index (χ2n) is 6.41. The number of aryl methyl sites for hydroxylation is 1. The standard InChI is InChI=1S/C15H23N3/c1-15(2)9-11(15)14-17-12-8-6-4-5-7-10(12)13(16-3)18-14/h11H,4-9H2,1-3H3,(H,16,17,18). The SMILES string of the molecule is CNc1nc(C2CC2(C)C)nc2c1CCCCC2. The van der Waals surface area contributed by atoms with E-state index in [1.165, 1.54) is 36.9 Å². The van der Waals surface area contributed by atoms with Gasteiger partial charge in [0.1, 0.15) is 11.6 Å². The highest BCUT2D eigenvalue weighted by molar-refractivity contribution is 5.47. The van der Waals surface area contributed by atoms with Gasteiger partial charge in [0.2, 0.25) is 0 Å². The molecule has 1 aromatic heterocycles. The highest BCUT2D eigenvalue weighted by Crippen LogP contribution is 2.57. The molecule has 0 spiro atoms. The molecule has 3 nitrogen and oxygen atoms in total. The van der Waals surface area contributed by atoms with Crippen LogP contribution in [0.2, 0.25) is 0 Å². The monoisotopic (exact) mass is 245 g/mol. The lowest BCUT2D eigenvalue weighted by atomic mass is 10.1. The van der Waals surface area contributed by atoms with Gasteiger partial charge in [0.05, 0.1) is 0 Å². The van der Waals surface area contributed by atoms with Crippen LogP contribution in [0.25, 0.3) is 0 Å². The molecule has 3 heteroatoms. The normalized spacial score (nSPS) is 25.2. The topological polar surface area (TPSA) is 37.8 Å². The van der Waals surface area contributed by atoms with Crippen molar-refractivity contribution in [1.82, 2.24) is 9.97 Å². The molecule has 2 aliphatic carbocycles. The Bertz CT molecular complexity index is 465. The molecule has 1 heterocycles. The van der Waals surface area contributed by atoms with Crippen LogP contribution >= 0.6 is 0 Å². The minimum absolute atomic E-state index is 0.407. The van der Waals surface area contributed by atoms with Crippen molar-refractivity contribution in [3.63, 3.8) is 0 Å². The molecule has 2 aliphatic rings. The maximum Gasteiger partial charge on any atom is 0.134 e. The summed E-state index contributed by atoms with van der Waals surface area (Å²) >= 11 is 0. The number of nitrogens with zero attached hydrogens (tertiary/aromatic N) is 2. The van der Waals surface area contributed by atoms with E-state index in [-0.39, 0.29) is 0 Å². The van der Waals surface area contributed by atoms with Crippen LogP contribution in [0.3, 0.4) is 0 Å². The Morgan fingerprint density at radius 3 is 2.50 bits per heavy atom. The van der Waals surface area contributed by atoms with Gasteiger partial charge in [-0.2, -0.15) is 0 Å². The van der Waals surface area contributed by atoms with E-state index >= 15 is 0 Å². The van der Waals surface area contributed by atoms with E-state index in [2.05, 4.69) is 19.2 Å². The Kier molecular flexibility index (Phi) is 2.80. The summed E-state index contributed by atoms with van der Waals surface area (Å²) in [5.74, 6) is 2.72. The van der Waals surface area contributed by atoms with Crippen LogP contribution in [0.5, 0.6) is 0 Å². The second kappa shape index (κ2) is 4.22. The van der Waals surface area contributed by atoms with E-state index < -0.39 is 0 Å². The van der Waals surface area contributed by atoms with E-state index in [0.29, 0.717) is 11.3 Å². The molecule has 0 amide bonds. The molecule has 3 rings (SSSR count). The van der Waals surface area contributed by atoms with Crippen LogP contribution in [-0.2, 0) is 12.8 Å². The van der Waals surface area contributed by atoms with Crippen molar-refractivity contribution in [3.05, 3.63) is 17.1 Å². The van der Waals surface area contributed by atoms with Gasteiger partial charge in [0.15, 0.2) is 0 Å². The largest absolute Gasteiger partial charge is 0.373 e. The summed E-state index contributed by atoms with van der Waals surface area (Å²) in [5, 5.41) is 3.28. The number of nitrogens with one attached hydrogen (secondary N) is 1. The number of fused-ring (bicyclic) bond motifs is 1. The lowest BCUT2D eigenvalue weighted by Gasteiger charge is -2.13. The Morgan fingerprint density at radius 1 is 1.11 bits per heavy atom. The lowest BCUT2D eigenvalue weighted by molar-refractivity contribution is 0.606. The van der Waals surface area contributed by atoms with Crippen LogP contribution in [0.15, 0.2) is 0 Å². The molecule has 1 N–H and O–H groups in total. The predicted molar refractivity (Wildman–Crippen MR) is 74.0 cm³/mol. The first-order valence-electron chi connectivity index (χ1n) is 7.19. The number of aromatic nitrogens is 2. The average molecular weight is 245 g/mol. The maximum atomic E-state index is 4.89. The summed E-state index contributed by atoms with van der Waals surface area (Å²) in [6.07, 6.45) is 7.38. The van der Waals surface area contributed by atoms with Gasteiger partial charge in [-0.1, -0.05) is 20.3 Å². The highest BCUT2D eigenvalue weighted by atomic mass is 15.0. The van der Waals surface area contributed by atoms with Crippen molar-refractivity contribution < 1.29 is 0 Å². The van der Waals surface area contributed by atoms with E-state index in [0.717, 1.165) is 24.5 Å². The number of hydrogen-bond acceptors (Lipinski definition) is 3. The van der Waals surface area contributed by atoms with Gasteiger partial charge < -0.3 is 5.32 Å². The molecule has 18 heavy (non-hydrogen) atoms. The smallest absolute Gasteiger partial charge is 0.134 e. The van der Waals surface area contributed by atoms with Crippen LogP contribution in [0.1, 0.15) is 62.5 Å². The maximum absolute atomic E-state index is 4.89. The molecule has 1 unspecified atom stereocenters. The molecule has 0 radical (unpaired) electrons. The minimum Gasteiger partial charge on any atom is -0.373 e. The van der Waals surface area contributed by atoms with Gasteiger partial charge in [0, 0.05) is 24.2 Å². The number of anilines is 1. The summed E-state index contributed by atoms with van der Waals surface area (Å²) in [6.45, 7) is 4.62. The van der Waals surface area contributed by atoms with Crippen molar-refractivity contribution >= 4 is 5.82 Å². The molecule has 1 fully saturated rings. The van der Waals surface area contributed by atoms with Gasteiger partial charge in [-0.05, 0) is 37.5 Å². The molecule has 0 aliphatic heterocycles. The fraction of sp³-hybridized carbons (Fsp3) is 0.733. The fourth-order valence-electron chi connectivity index (χ4n) is 3.06. The molecule has 98 valence electrons. The van der Waals surface area contributed by atoms with E-state index in [4.69, 9.17) is 9.97 Å². The molecule has 0 saturated heterocycles. The third kappa shape index (κ3) is 2.00. The second-order valence-corrected chi connectivity index (χ2v) is 6.41. The summed E-state index contributed by atoms with van der Waals surface area (Å²) in [6, 6.07) is 0. The zero-order valence-corrected chi connectivity index (χ0v) is 11.7. The molecule has 1 saturated carbocycles. The fourth-order valence-corrected chi connectivity index (χ4v) is 3.06. The molecule has 0 bridgehead atoms. The van der Waals surface area contributed by atoms with Crippen molar-refractivity contribution in [2.45, 2.75) is 58.3 Å². The first-order chi connectivity index (χ1) is 8.62. The van der Waals surface area contributed by atoms with Gasteiger partial charge in [-0.3, -0.25) is 0 Å². The quantitative estimate of drug-likeness (QED) is 0.812. The highest BCUT2D eigenvalue weighted by Gasteiger charge is 2.48. The van der Waals surface area contributed by atoms with Crippen molar-refractivity contribution in [3.8, 4) is 0 Å². The zero-order chi connectivity index (χ0) is 12.8. The summed E-state index contributed by atoms with van der Waals surface area (Å²) in [7, 11) is 1.98. The molecular formula is C15H23N3. The van der Waals surface area contributed by atoms with Gasteiger partial charge >= 0.3 is 0 Å². The zero-order valence-electron chi connectivity index (χ0n) is 11.7. The number of hydrogen-bond donors (Lipinski definition) is 1. The molecule has 1 aromatic rings. The summed E-state index contributed by atoms with van der Waals surface area (Å²) in [5.41, 5.74) is 3.09. The van der Waals surface area contributed by atoms with Gasteiger partial charge in [-0.15, -0.1) is 0 Å². The lowest BCUT2D eigenvalue weighted by Crippen LogP contribution is -2.09. The third-order valence-electron chi connectivity index (χ3n) is 4.51. The Morgan fingerprint density at radius 2 is 1.83 bits per heavy atom. The molecular weight excluding hydrogens is 222 g/mol. The van der Waals surface area contributed by atoms with Crippen molar-refractivity contribution in [2.24, 2.45) is 5.41 Å². The summed E-state index contributed by atoms with van der Waals surface area (Å²) in [4.78, 5) is 9.67. The van der Waals surface area contributed by atoms with Gasteiger partial charge in [0.25, 0.3) is 0 Å². The third-order valence-corrected chi connectivity index (χ3v) is 4.51. The van der Waals surface area contributed by atoms with Crippen molar-refractivity contribution in [1.29, 1.82) is 0 Å². The van der Waals surface area contributed by atoms with Crippen LogP contribution in [0.4, 0.5) is 5.82 Å². The van der Waals surface area contributed by atoms with Crippen LogP contribution in [-0.4, -0.2) is 17.0 Å². The summed E-state index contributed by atoms with van der Waals surface area (Å²) < 4.78 is 0. The van der Waals surface area contributed by atoms with E-state index in [9.17, 15) is 0 Å². The number of rotatable bonds is 2. The molecule has 1 atom stereocenters. The average Bonchev–Trinajstić information content (AvgIpc) is 3.04. The minimum atomic E-state index is 0.407. The van der Waals surface area contributed by atoms with E-state index in [1.54, 1.807) is 0 Å². The Labute approximate surface area is 109 Å². The molecule has 0 aromatic carbocycles. The van der Waals surface area contributed by atoms with E-state index in [1.807, 2.05) is 7.05 Å². The van der Waals surface area contributed by atoms with Crippen LogP contribution < -0.4 is 5.32 Å². The first-order valence-corrected chi connectivity index (χ1v) is 7.19. The first kappa shape index (κ1) is 11.9. The van der Waals surface area contributed by atoms with Crippen molar-refractivity contribution in [2.75, 3.05) is 12.4 Å². The Balaban J connectivity index is 2.00. The Hall–Kier alpha value is -1.12. The predicted octanol–water partition coefficient (Wildman–Crippen LogP) is 3.30.